The Bertz CT molecular complexity index is 380. The summed E-state index contributed by atoms with van der Waals surface area (Å²) in [5, 5.41) is 8.43. The van der Waals surface area contributed by atoms with Gasteiger partial charge in [0.15, 0.2) is 0 Å². The van der Waals surface area contributed by atoms with Crippen LogP contribution in [0, 0.1) is 0 Å². The molecular weight excluding hydrogens is 246 g/mol. The first-order valence-corrected chi connectivity index (χ1v) is 7.32. The van der Waals surface area contributed by atoms with Crippen LogP contribution in [0.25, 0.3) is 0 Å². The van der Waals surface area contributed by atoms with Gasteiger partial charge in [0.05, 0.1) is 12.6 Å². The van der Waals surface area contributed by atoms with Gasteiger partial charge < -0.3 is 10.6 Å². The van der Waals surface area contributed by atoms with Crippen LogP contribution in [0.4, 0.5) is 0 Å². The van der Waals surface area contributed by atoms with Crippen molar-refractivity contribution in [1.82, 2.24) is 15.5 Å². The number of nitrogens with zero attached hydrogens (tertiary/aromatic N) is 1. The van der Waals surface area contributed by atoms with Gasteiger partial charge in [-0.15, -0.1) is 11.3 Å². The average Bonchev–Trinajstić information content (AvgIpc) is 2.85. The Hall–Kier alpha value is -0.910. The summed E-state index contributed by atoms with van der Waals surface area (Å²) in [6, 6.07) is 4.61. The van der Waals surface area contributed by atoms with Crippen LogP contribution in [0.15, 0.2) is 17.5 Å². The third-order valence-electron chi connectivity index (χ3n) is 3.33. The quantitative estimate of drug-likeness (QED) is 0.862. The third-order valence-corrected chi connectivity index (χ3v) is 4.39. The summed E-state index contributed by atoms with van der Waals surface area (Å²) in [5.74, 6) is 0.115. The van der Waals surface area contributed by atoms with Gasteiger partial charge in [0.25, 0.3) is 0 Å². The van der Waals surface area contributed by atoms with Crippen LogP contribution in [-0.2, 0) is 4.79 Å². The third kappa shape index (κ3) is 3.54. The first kappa shape index (κ1) is 13.5. The number of nitrogens with one attached hydrogen (secondary N) is 2. The number of amides is 1. The van der Waals surface area contributed by atoms with Gasteiger partial charge in [-0.25, -0.2) is 0 Å². The highest BCUT2D eigenvalue weighted by Gasteiger charge is 2.21. The minimum Gasteiger partial charge on any atom is -0.348 e. The topological polar surface area (TPSA) is 44.4 Å². The molecule has 4 nitrogen and oxygen atoms in total. The molecule has 0 bridgehead atoms. The van der Waals surface area contributed by atoms with E-state index >= 15 is 0 Å². The molecule has 1 aromatic rings. The van der Waals surface area contributed by atoms with Crippen molar-refractivity contribution in [1.29, 1.82) is 0 Å². The number of hydrogen-bond acceptors (Lipinski definition) is 4. The highest BCUT2D eigenvalue weighted by Crippen LogP contribution is 2.17. The first-order chi connectivity index (χ1) is 8.66. The molecule has 1 aliphatic rings. The zero-order valence-corrected chi connectivity index (χ0v) is 11.8. The highest BCUT2D eigenvalue weighted by molar-refractivity contribution is 7.10. The summed E-state index contributed by atoms with van der Waals surface area (Å²) in [7, 11) is 0. The number of carbonyl (C=O) groups is 1. The molecule has 0 saturated carbocycles. The monoisotopic (exact) mass is 267 g/mol. The van der Waals surface area contributed by atoms with Gasteiger partial charge in [0, 0.05) is 30.6 Å². The number of hydrogen-bond donors (Lipinski definition) is 2. The Morgan fingerprint density at radius 2 is 2.56 bits per heavy atom. The van der Waals surface area contributed by atoms with Crippen LogP contribution < -0.4 is 10.6 Å². The average molecular weight is 267 g/mol. The van der Waals surface area contributed by atoms with E-state index < -0.39 is 0 Å². The molecule has 2 heterocycles. The van der Waals surface area contributed by atoms with Crippen molar-refractivity contribution < 1.29 is 4.79 Å². The van der Waals surface area contributed by atoms with E-state index in [1.165, 1.54) is 4.88 Å². The summed E-state index contributed by atoms with van der Waals surface area (Å²) >= 11 is 1.68. The van der Waals surface area contributed by atoms with E-state index in [0.29, 0.717) is 12.6 Å². The fourth-order valence-electron chi connectivity index (χ4n) is 2.20. The zero-order valence-electron chi connectivity index (χ0n) is 11.0. The number of carbonyl (C=O) groups excluding carboxylic acids is 1. The summed E-state index contributed by atoms with van der Waals surface area (Å²) in [6.45, 7) is 7.57. The molecule has 2 rings (SSSR count). The zero-order chi connectivity index (χ0) is 13.0. The molecule has 1 amide bonds. The van der Waals surface area contributed by atoms with Crippen LogP contribution in [0.2, 0.25) is 0 Å². The lowest BCUT2D eigenvalue weighted by molar-refractivity contribution is -0.123. The van der Waals surface area contributed by atoms with Gasteiger partial charge in [-0.2, -0.15) is 0 Å². The van der Waals surface area contributed by atoms with Crippen LogP contribution >= 0.6 is 11.3 Å². The van der Waals surface area contributed by atoms with Crippen molar-refractivity contribution in [3.63, 3.8) is 0 Å². The van der Waals surface area contributed by atoms with Crippen molar-refractivity contribution in [3.05, 3.63) is 22.4 Å². The normalized spacial score (nSPS) is 22.7. The Labute approximate surface area is 112 Å². The summed E-state index contributed by atoms with van der Waals surface area (Å²) < 4.78 is 0. The lowest BCUT2D eigenvalue weighted by Gasteiger charge is -2.33. The van der Waals surface area contributed by atoms with Crippen LogP contribution in [0.3, 0.4) is 0 Å². The molecule has 1 fully saturated rings. The van der Waals surface area contributed by atoms with E-state index in [9.17, 15) is 4.79 Å². The fraction of sp³-hybridized carbons (Fsp3) is 0.615. The summed E-state index contributed by atoms with van der Waals surface area (Å²) in [4.78, 5) is 15.4. The molecule has 5 heteroatoms. The van der Waals surface area contributed by atoms with Crippen LogP contribution in [-0.4, -0.2) is 43.0 Å². The highest BCUT2D eigenvalue weighted by atomic mass is 32.1. The van der Waals surface area contributed by atoms with Crippen molar-refractivity contribution in [2.45, 2.75) is 25.9 Å². The fourth-order valence-corrected chi connectivity index (χ4v) is 2.93. The number of piperazine rings is 1. The van der Waals surface area contributed by atoms with Crippen LogP contribution in [0.1, 0.15) is 24.8 Å². The van der Waals surface area contributed by atoms with Gasteiger partial charge in [-0.1, -0.05) is 6.07 Å². The van der Waals surface area contributed by atoms with Gasteiger partial charge in [0.1, 0.15) is 0 Å². The first-order valence-electron chi connectivity index (χ1n) is 6.44. The van der Waals surface area contributed by atoms with E-state index in [2.05, 4.69) is 28.5 Å². The molecular formula is C13H21N3OS. The van der Waals surface area contributed by atoms with Crippen molar-refractivity contribution in [2.75, 3.05) is 26.2 Å². The SMILES string of the molecule is CC(NC(=O)CN1CCNC[C@H]1C)c1cccs1. The second kappa shape index (κ2) is 6.31. The largest absolute Gasteiger partial charge is 0.348 e. The van der Waals surface area contributed by atoms with E-state index in [4.69, 9.17) is 0 Å². The number of rotatable bonds is 4. The van der Waals surface area contributed by atoms with Gasteiger partial charge in [-0.3, -0.25) is 9.69 Å². The van der Waals surface area contributed by atoms with E-state index in [0.717, 1.165) is 19.6 Å². The minimum atomic E-state index is 0.107. The molecule has 1 unspecified atom stereocenters. The number of thiophene rings is 1. The summed E-state index contributed by atoms with van der Waals surface area (Å²) in [5.41, 5.74) is 0. The molecule has 0 spiro atoms. The Morgan fingerprint density at radius 1 is 1.72 bits per heavy atom. The molecule has 1 aromatic heterocycles. The van der Waals surface area contributed by atoms with Gasteiger partial charge >= 0.3 is 0 Å². The minimum absolute atomic E-state index is 0.107. The Balaban J connectivity index is 1.81. The smallest absolute Gasteiger partial charge is 0.234 e. The molecule has 2 atom stereocenters. The molecule has 18 heavy (non-hydrogen) atoms. The molecule has 1 saturated heterocycles. The Kier molecular flexibility index (Phi) is 4.74. The molecule has 0 radical (unpaired) electrons. The van der Waals surface area contributed by atoms with Crippen molar-refractivity contribution in [3.8, 4) is 0 Å². The predicted octanol–water partition coefficient (Wildman–Crippen LogP) is 1.22. The standard InChI is InChI=1S/C13H21N3OS/c1-10-8-14-5-6-16(10)9-13(17)15-11(2)12-4-3-7-18-12/h3-4,7,10-11,14H,5-6,8-9H2,1-2H3,(H,15,17)/t10-,11?/m1/s1. The van der Waals surface area contributed by atoms with Crippen LogP contribution in [0.5, 0.6) is 0 Å². The Morgan fingerprint density at radius 3 is 3.22 bits per heavy atom. The lowest BCUT2D eigenvalue weighted by atomic mass is 10.2. The second-order valence-corrected chi connectivity index (χ2v) is 5.81. The van der Waals surface area contributed by atoms with E-state index in [-0.39, 0.29) is 11.9 Å². The van der Waals surface area contributed by atoms with Crippen molar-refractivity contribution >= 4 is 17.2 Å². The maximum Gasteiger partial charge on any atom is 0.234 e. The molecule has 1 aliphatic heterocycles. The molecule has 100 valence electrons. The lowest BCUT2D eigenvalue weighted by Crippen LogP contribution is -2.52. The van der Waals surface area contributed by atoms with Gasteiger partial charge in [-0.05, 0) is 25.3 Å². The van der Waals surface area contributed by atoms with Crippen molar-refractivity contribution in [2.24, 2.45) is 0 Å². The maximum absolute atomic E-state index is 12.0. The molecule has 2 N–H and O–H groups in total. The molecule has 0 aliphatic carbocycles. The summed E-state index contributed by atoms with van der Waals surface area (Å²) in [6.07, 6.45) is 0. The van der Waals surface area contributed by atoms with Gasteiger partial charge in [0.2, 0.25) is 5.91 Å². The maximum atomic E-state index is 12.0. The second-order valence-electron chi connectivity index (χ2n) is 4.83. The molecule has 0 aromatic carbocycles. The van der Waals surface area contributed by atoms with E-state index in [1.807, 2.05) is 18.4 Å². The predicted molar refractivity (Wildman–Crippen MR) is 74.8 cm³/mol. The van der Waals surface area contributed by atoms with E-state index in [1.54, 1.807) is 11.3 Å².